The second-order valence-corrected chi connectivity index (χ2v) is 5.34. The molecular formula is C14H18N4O. The minimum Gasteiger partial charge on any atom is -0.399 e. The lowest BCUT2D eigenvalue weighted by atomic mass is 9.95. The molecule has 1 fully saturated rings. The minimum absolute atomic E-state index is 0.0685. The molecule has 1 unspecified atom stereocenters. The molecule has 0 aliphatic carbocycles. The van der Waals surface area contributed by atoms with Crippen LogP contribution in [0.15, 0.2) is 24.5 Å². The number of fused-ring (bicyclic) bond motifs is 1. The number of aromatic nitrogens is 2. The van der Waals surface area contributed by atoms with Crippen LogP contribution in [-0.2, 0) is 4.74 Å². The summed E-state index contributed by atoms with van der Waals surface area (Å²) in [6.45, 7) is 3.71. The summed E-state index contributed by atoms with van der Waals surface area (Å²) in [6, 6.07) is 5.69. The van der Waals surface area contributed by atoms with E-state index in [0.29, 0.717) is 12.3 Å². The molecule has 1 atom stereocenters. The van der Waals surface area contributed by atoms with Gasteiger partial charge in [0.2, 0.25) is 0 Å². The van der Waals surface area contributed by atoms with E-state index in [1.807, 2.05) is 18.2 Å². The summed E-state index contributed by atoms with van der Waals surface area (Å²) in [5.41, 5.74) is 7.29. The van der Waals surface area contributed by atoms with Gasteiger partial charge in [0, 0.05) is 17.7 Å². The normalized spacial score (nSPS) is 23.4. The van der Waals surface area contributed by atoms with Crippen molar-refractivity contribution in [3.63, 3.8) is 0 Å². The first kappa shape index (κ1) is 12.2. The third-order valence-corrected chi connectivity index (χ3v) is 3.52. The van der Waals surface area contributed by atoms with Gasteiger partial charge in [-0.25, -0.2) is 9.97 Å². The molecule has 3 N–H and O–H groups in total. The van der Waals surface area contributed by atoms with Crippen molar-refractivity contribution in [3.8, 4) is 0 Å². The number of anilines is 2. The Morgan fingerprint density at radius 3 is 3.05 bits per heavy atom. The van der Waals surface area contributed by atoms with Crippen molar-refractivity contribution in [2.45, 2.75) is 25.3 Å². The predicted molar refractivity (Wildman–Crippen MR) is 76.0 cm³/mol. The maximum atomic E-state index is 5.78. The number of hydrogen-bond donors (Lipinski definition) is 2. The average molecular weight is 258 g/mol. The Bertz CT molecular complexity index is 593. The summed E-state index contributed by atoms with van der Waals surface area (Å²) in [6.07, 6.45) is 3.71. The molecule has 5 heteroatoms. The van der Waals surface area contributed by atoms with Crippen LogP contribution in [0.2, 0.25) is 0 Å². The molecule has 100 valence electrons. The quantitative estimate of drug-likeness (QED) is 0.808. The van der Waals surface area contributed by atoms with E-state index in [2.05, 4.69) is 22.2 Å². The molecule has 5 nitrogen and oxygen atoms in total. The summed E-state index contributed by atoms with van der Waals surface area (Å²) >= 11 is 0. The average Bonchev–Trinajstić information content (AvgIpc) is 2.39. The van der Waals surface area contributed by atoms with Crippen LogP contribution in [0.1, 0.15) is 19.8 Å². The molecule has 0 amide bonds. The van der Waals surface area contributed by atoms with Crippen LogP contribution in [0.25, 0.3) is 10.9 Å². The maximum Gasteiger partial charge on any atom is 0.137 e. The predicted octanol–water partition coefficient (Wildman–Crippen LogP) is 2.19. The number of benzene rings is 1. The lowest BCUT2D eigenvalue weighted by molar-refractivity contribution is 0.0539. The number of nitrogens with zero attached hydrogens (tertiary/aromatic N) is 2. The van der Waals surface area contributed by atoms with Gasteiger partial charge in [0.25, 0.3) is 0 Å². The third-order valence-electron chi connectivity index (χ3n) is 3.52. The Hall–Kier alpha value is -1.88. The van der Waals surface area contributed by atoms with Gasteiger partial charge in [-0.3, -0.25) is 0 Å². The van der Waals surface area contributed by atoms with Crippen LogP contribution in [0, 0.1) is 0 Å². The molecule has 0 bridgehead atoms. The smallest absolute Gasteiger partial charge is 0.137 e. The molecule has 0 spiro atoms. The van der Waals surface area contributed by atoms with Gasteiger partial charge in [0.05, 0.1) is 17.7 Å². The van der Waals surface area contributed by atoms with Gasteiger partial charge in [-0.1, -0.05) is 0 Å². The number of rotatable bonds is 2. The van der Waals surface area contributed by atoms with Crippen molar-refractivity contribution < 1.29 is 4.74 Å². The lowest BCUT2D eigenvalue weighted by Gasteiger charge is -2.35. The number of nitrogen functional groups attached to an aromatic ring is 1. The summed E-state index contributed by atoms with van der Waals surface area (Å²) in [4.78, 5) is 8.61. The first-order valence-corrected chi connectivity index (χ1v) is 6.52. The zero-order chi connectivity index (χ0) is 13.3. The van der Waals surface area contributed by atoms with E-state index in [4.69, 9.17) is 10.5 Å². The summed E-state index contributed by atoms with van der Waals surface area (Å²) in [5.74, 6) is 0.845. The molecule has 1 aliphatic heterocycles. The van der Waals surface area contributed by atoms with E-state index in [1.165, 1.54) is 0 Å². The summed E-state index contributed by atoms with van der Waals surface area (Å²) < 4.78 is 5.56. The van der Waals surface area contributed by atoms with Gasteiger partial charge in [-0.15, -0.1) is 0 Å². The molecule has 3 rings (SSSR count). The van der Waals surface area contributed by atoms with Crippen LogP contribution < -0.4 is 11.1 Å². The van der Waals surface area contributed by atoms with E-state index in [1.54, 1.807) is 6.33 Å². The monoisotopic (exact) mass is 258 g/mol. The third kappa shape index (κ3) is 2.46. The summed E-state index contributed by atoms with van der Waals surface area (Å²) in [5, 5.41) is 4.49. The van der Waals surface area contributed by atoms with Crippen LogP contribution in [0.5, 0.6) is 0 Å². The zero-order valence-electron chi connectivity index (χ0n) is 11.0. The van der Waals surface area contributed by atoms with Crippen molar-refractivity contribution in [1.29, 1.82) is 0 Å². The van der Waals surface area contributed by atoms with Crippen molar-refractivity contribution in [2.75, 3.05) is 24.3 Å². The molecule has 0 radical (unpaired) electrons. The SMILES string of the molecule is CC1(Nc2ncnc3cc(N)ccc23)CCCOC1. The fourth-order valence-electron chi connectivity index (χ4n) is 2.49. The highest BCUT2D eigenvalue weighted by molar-refractivity contribution is 5.90. The molecule has 0 saturated carbocycles. The highest BCUT2D eigenvalue weighted by Gasteiger charge is 2.28. The van der Waals surface area contributed by atoms with Gasteiger partial charge < -0.3 is 15.8 Å². The van der Waals surface area contributed by atoms with E-state index < -0.39 is 0 Å². The Morgan fingerprint density at radius 1 is 1.37 bits per heavy atom. The Labute approximate surface area is 112 Å². The molecule has 2 heterocycles. The Morgan fingerprint density at radius 2 is 2.26 bits per heavy atom. The van der Waals surface area contributed by atoms with E-state index >= 15 is 0 Å². The Kier molecular flexibility index (Phi) is 2.98. The number of hydrogen-bond acceptors (Lipinski definition) is 5. The number of nitrogens with two attached hydrogens (primary N) is 1. The molecule has 1 aliphatic rings. The standard InChI is InChI=1S/C14H18N4O/c1-14(5-2-6-19-8-14)18-13-11-4-3-10(15)7-12(11)16-9-17-13/h3-4,7,9H,2,5-6,8,15H2,1H3,(H,16,17,18). The highest BCUT2D eigenvalue weighted by Crippen LogP contribution is 2.27. The van der Waals surface area contributed by atoms with Gasteiger partial charge in [-0.05, 0) is 38.0 Å². The van der Waals surface area contributed by atoms with Crippen molar-refractivity contribution >= 4 is 22.4 Å². The molecule has 1 aromatic heterocycles. The topological polar surface area (TPSA) is 73.1 Å². The van der Waals surface area contributed by atoms with E-state index in [0.717, 1.165) is 36.2 Å². The van der Waals surface area contributed by atoms with Gasteiger partial charge >= 0.3 is 0 Å². The molecular weight excluding hydrogens is 240 g/mol. The van der Waals surface area contributed by atoms with Crippen molar-refractivity contribution in [3.05, 3.63) is 24.5 Å². The lowest BCUT2D eigenvalue weighted by Crippen LogP contribution is -2.43. The van der Waals surface area contributed by atoms with Gasteiger partial charge in [0.1, 0.15) is 12.1 Å². The Balaban J connectivity index is 1.96. The van der Waals surface area contributed by atoms with E-state index in [9.17, 15) is 0 Å². The summed E-state index contributed by atoms with van der Waals surface area (Å²) in [7, 11) is 0. The largest absolute Gasteiger partial charge is 0.399 e. The molecule has 1 saturated heterocycles. The first-order valence-electron chi connectivity index (χ1n) is 6.52. The fraction of sp³-hybridized carbons (Fsp3) is 0.429. The minimum atomic E-state index is -0.0685. The number of nitrogens with one attached hydrogen (secondary N) is 1. The van der Waals surface area contributed by atoms with Crippen LogP contribution in [0.4, 0.5) is 11.5 Å². The van der Waals surface area contributed by atoms with Gasteiger partial charge in [-0.2, -0.15) is 0 Å². The first-order chi connectivity index (χ1) is 9.16. The van der Waals surface area contributed by atoms with Crippen LogP contribution >= 0.6 is 0 Å². The van der Waals surface area contributed by atoms with E-state index in [-0.39, 0.29) is 5.54 Å². The molecule has 2 aromatic rings. The van der Waals surface area contributed by atoms with Crippen LogP contribution in [-0.4, -0.2) is 28.7 Å². The molecule has 1 aromatic carbocycles. The fourth-order valence-corrected chi connectivity index (χ4v) is 2.49. The highest BCUT2D eigenvalue weighted by atomic mass is 16.5. The van der Waals surface area contributed by atoms with Crippen molar-refractivity contribution in [1.82, 2.24) is 9.97 Å². The van der Waals surface area contributed by atoms with Crippen LogP contribution in [0.3, 0.4) is 0 Å². The molecule has 19 heavy (non-hydrogen) atoms. The second kappa shape index (κ2) is 4.66. The maximum absolute atomic E-state index is 5.78. The zero-order valence-corrected chi connectivity index (χ0v) is 11.0. The number of ether oxygens (including phenoxy) is 1. The van der Waals surface area contributed by atoms with Crippen molar-refractivity contribution in [2.24, 2.45) is 0 Å². The van der Waals surface area contributed by atoms with Gasteiger partial charge in [0.15, 0.2) is 0 Å². The second-order valence-electron chi connectivity index (χ2n) is 5.34.